The molecule has 25 heavy (non-hydrogen) atoms. The highest BCUT2D eigenvalue weighted by Crippen LogP contribution is 2.16. The molecule has 0 aliphatic rings. The SMILES string of the molecule is C/C(=C\CNCCC(=O)O)c1ccc(CCCc2ccccc2)cc1. The Morgan fingerprint density at radius 2 is 1.64 bits per heavy atom. The molecule has 3 nitrogen and oxygen atoms in total. The molecule has 2 N–H and O–H groups in total. The van der Waals surface area contributed by atoms with Crippen LogP contribution >= 0.6 is 0 Å². The van der Waals surface area contributed by atoms with Gasteiger partial charge in [0.25, 0.3) is 0 Å². The third kappa shape index (κ3) is 7.36. The first-order valence-corrected chi connectivity index (χ1v) is 8.87. The van der Waals surface area contributed by atoms with Gasteiger partial charge in [0.15, 0.2) is 0 Å². The van der Waals surface area contributed by atoms with Gasteiger partial charge < -0.3 is 10.4 Å². The quantitative estimate of drug-likeness (QED) is 0.635. The smallest absolute Gasteiger partial charge is 0.304 e. The second kappa shape index (κ2) is 10.5. The van der Waals surface area contributed by atoms with Crippen molar-refractivity contribution in [1.29, 1.82) is 0 Å². The lowest BCUT2D eigenvalue weighted by atomic mass is 10.0. The van der Waals surface area contributed by atoms with Crippen LogP contribution in [0.4, 0.5) is 0 Å². The van der Waals surface area contributed by atoms with E-state index in [0.29, 0.717) is 13.1 Å². The van der Waals surface area contributed by atoms with Gasteiger partial charge in [-0.05, 0) is 48.4 Å². The molecule has 0 saturated heterocycles. The molecule has 0 amide bonds. The first-order valence-electron chi connectivity index (χ1n) is 8.87. The van der Waals surface area contributed by atoms with Crippen LogP contribution in [0, 0.1) is 0 Å². The number of hydrogen-bond donors (Lipinski definition) is 2. The summed E-state index contributed by atoms with van der Waals surface area (Å²) < 4.78 is 0. The second-order valence-electron chi connectivity index (χ2n) is 6.27. The topological polar surface area (TPSA) is 49.3 Å². The summed E-state index contributed by atoms with van der Waals surface area (Å²) in [4.78, 5) is 10.4. The Kier molecular flexibility index (Phi) is 7.93. The maximum atomic E-state index is 10.4. The Balaban J connectivity index is 1.75. The number of rotatable bonds is 10. The Hall–Kier alpha value is -2.39. The molecule has 3 heteroatoms. The molecule has 2 rings (SSSR count). The largest absolute Gasteiger partial charge is 0.481 e. The first kappa shape index (κ1) is 18.9. The van der Waals surface area contributed by atoms with Gasteiger partial charge >= 0.3 is 5.97 Å². The average Bonchev–Trinajstić information content (AvgIpc) is 2.62. The average molecular weight is 337 g/mol. The highest BCUT2D eigenvalue weighted by atomic mass is 16.4. The number of aliphatic carboxylic acids is 1. The van der Waals surface area contributed by atoms with Crippen molar-refractivity contribution in [1.82, 2.24) is 5.32 Å². The molecule has 0 fully saturated rings. The number of carboxylic acids is 1. The van der Waals surface area contributed by atoms with E-state index in [1.54, 1.807) is 0 Å². The van der Waals surface area contributed by atoms with Crippen LogP contribution in [0.2, 0.25) is 0 Å². The molecule has 2 aromatic carbocycles. The maximum Gasteiger partial charge on any atom is 0.304 e. The summed E-state index contributed by atoms with van der Waals surface area (Å²) in [6.45, 7) is 3.28. The molecule has 0 unspecified atom stereocenters. The van der Waals surface area contributed by atoms with Crippen molar-refractivity contribution < 1.29 is 9.90 Å². The zero-order chi connectivity index (χ0) is 17.9. The van der Waals surface area contributed by atoms with Gasteiger partial charge in [-0.3, -0.25) is 4.79 Å². The van der Waals surface area contributed by atoms with Gasteiger partial charge in [-0.25, -0.2) is 0 Å². The Labute approximate surface area is 150 Å². The van der Waals surface area contributed by atoms with E-state index < -0.39 is 5.97 Å². The van der Waals surface area contributed by atoms with Crippen molar-refractivity contribution in [2.75, 3.05) is 13.1 Å². The lowest BCUT2D eigenvalue weighted by Crippen LogP contribution is -2.18. The molecule has 0 heterocycles. The molecule has 0 aliphatic heterocycles. The lowest BCUT2D eigenvalue weighted by molar-refractivity contribution is -0.136. The van der Waals surface area contributed by atoms with Crippen LogP contribution < -0.4 is 5.32 Å². The normalized spacial score (nSPS) is 11.5. The number of benzene rings is 2. The van der Waals surface area contributed by atoms with E-state index in [4.69, 9.17) is 5.11 Å². The van der Waals surface area contributed by atoms with Gasteiger partial charge in [0.2, 0.25) is 0 Å². The Morgan fingerprint density at radius 1 is 1.00 bits per heavy atom. The zero-order valence-corrected chi connectivity index (χ0v) is 14.9. The van der Waals surface area contributed by atoms with Crippen LogP contribution in [0.25, 0.3) is 5.57 Å². The molecule has 0 atom stereocenters. The van der Waals surface area contributed by atoms with E-state index in [2.05, 4.69) is 72.9 Å². The third-order valence-corrected chi connectivity index (χ3v) is 4.25. The van der Waals surface area contributed by atoms with E-state index in [9.17, 15) is 4.79 Å². The van der Waals surface area contributed by atoms with E-state index >= 15 is 0 Å². The number of carbonyl (C=O) groups is 1. The summed E-state index contributed by atoms with van der Waals surface area (Å²) in [6, 6.07) is 19.3. The summed E-state index contributed by atoms with van der Waals surface area (Å²) in [5.41, 5.74) is 5.19. The van der Waals surface area contributed by atoms with Crippen molar-refractivity contribution in [2.45, 2.75) is 32.6 Å². The summed E-state index contributed by atoms with van der Waals surface area (Å²) in [6.07, 6.45) is 5.63. The van der Waals surface area contributed by atoms with E-state index in [1.807, 2.05) is 0 Å². The second-order valence-corrected chi connectivity index (χ2v) is 6.27. The molecular formula is C22H27NO2. The van der Waals surface area contributed by atoms with Crippen LogP contribution in [-0.4, -0.2) is 24.2 Å². The minimum absolute atomic E-state index is 0.157. The van der Waals surface area contributed by atoms with Crippen molar-refractivity contribution >= 4 is 11.5 Å². The van der Waals surface area contributed by atoms with Gasteiger partial charge in [-0.15, -0.1) is 0 Å². The molecular weight excluding hydrogens is 310 g/mol. The van der Waals surface area contributed by atoms with Gasteiger partial charge in [0.1, 0.15) is 0 Å². The summed E-state index contributed by atoms with van der Waals surface area (Å²) in [5, 5.41) is 11.7. The van der Waals surface area contributed by atoms with Crippen LogP contribution in [0.3, 0.4) is 0 Å². The van der Waals surface area contributed by atoms with Crippen LogP contribution in [0.1, 0.15) is 36.5 Å². The maximum absolute atomic E-state index is 10.4. The van der Waals surface area contributed by atoms with Crippen molar-refractivity contribution in [3.05, 3.63) is 77.4 Å². The first-order chi connectivity index (χ1) is 12.1. The molecule has 0 bridgehead atoms. The van der Waals surface area contributed by atoms with E-state index in [0.717, 1.165) is 19.3 Å². The molecule has 0 radical (unpaired) electrons. The molecule has 0 aliphatic carbocycles. The molecule has 2 aromatic rings. The van der Waals surface area contributed by atoms with Crippen LogP contribution in [-0.2, 0) is 17.6 Å². The standard InChI is InChI=1S/C22H27NO2/c1-18(14-16-23-17-15-22(24)25)21-12-10-20(11-13-21)9-5-8-19-6-3-2-4-7-19/h2-4,6-7,10-14,23H,5,8-9,15-17H2,1H3,(H,24,25)/b18-14+. The lowest BCUT2D eigenvalue weighted by Gasteiger charge is -2.06. The molecule has 0 spiro atoms. The fourth-order valence-corrected chi connectivity index (χ4v) is 2.72. The van der Waals surface area contributed by atoms with Gasteiger partial charge in [0.05, 0.1) is 6.42 Å². The van der Waals surface area contributed by atoms with Gasteiger partial charge in [0, 0.05) is 13.1 Å². The van der Waals surface area contributed by atoms with Crippen LogP contribution in [0.15, 0.2) is 60.7 Å². The van der Waals surface area contributed by atoms with Crippen LogP contribution in [0.5, 0.6) is 0 Å². The van der Waals surface area contributed by atoms with Crippen molar-refractivity contribution in [2.24, 2.45) is 0 Å². The number of hydrogen-bond acceptors (Lipinski definition) is 2. The minimum atomic E-state index is -0.768. The number of aryl methyl sites for hydroxylation is 2. The molecule has 132 valence electrons. The third-order valence-electron chi connectivity index (χ3n) is 4.25. The van der Waals surface area contributed by atoms with Gasteiger partial charge in [-0.1, -0.05) is 60.7 Å². The summed E-state index contributed by atoms with van der Waals surface area (Å²) in [7, 11) is 0. The van der Waals surface area contributed by atoms with Crippen molar-refractivity contribution in [3.8, 4) is 0 Å². The van der Waals surface area contributed by atoms with E-state index in [-0.39, 0.29) is 6.42 Å². The number of allylic oxidation sites excluding steroid dienone is 1. The fraction of sp³-hybridized carbons (Fsp3) is 0.318. The summed E-state index contributed by atoms with van der Waals surface area (Å²) in [5.74, 6) is -0.768. The predicted octanol–water partition coefficient (Wildman–Crippen LogP) is 4.33. The number of nitrogens with one attached hydrogen (secondary N) is 1. The number of carboxylic acid groups (broad SMARTS) is 1. The Morgan fingerprint density at radius 3 is 2.28 bits per heavy atom. The highest BCUT2D eigenvalue weighted by molar-refractivity contribution is 5.67. The monoisotopic (exact) mass is 337 g/mol. The molecule has 0 saturated carbocycles. The van der Waals surface area contributed by atoms with E-state index in [1.165, 1.54) is 22.3 Å². The highest BCUT2D eigenvalue weighted by Gasteiger charge is 1.99. The summed E-state index contributed by atoms with van der Waals surface area (Å²) >= 11 is 0. The Bertz CT molecular complexity index is 675. The minimum Gasteiger partial charge on any atom is -0.481 e. The van der Waals surface area contributed by atoms with Crippen molar-refractivity contribution in [3.63, 3.8) is 0 Å². The van der Waals surface area contributed by atoms with Gasteiger partial charge in [-0.2, -0.15) is 0 Å². The molecule has 0 aromatic heterocycles. The zero-order valence-electron chi connectivity index (χ0n) is 14.9. The predicted molar refractivity (Wildman–Crippen MR) is 104 cm³/mol. The fourth-order valence-electron chi connectivity index (χ4n) is 2.72.